The molecular formula is C14H29NO. The van der Waals surface area contributed by atoms with E-state index in [0.29, 0.717) is 24.6 Å². The van der Waals surface area contributed by atoms with Gasteiger partial charge in [-0.25, -0.2) is 0 Å². The van der Waals surface area contributed by atoms with Crippen molar-refractivity contribution >= 4 is 0 Å². The largest absolute Gasteiger partial charge is 0.396 e. The summed E-state index contributed by atoms with van der Waals surface area (Å²) in [6.45, 7) is 4.90. The molecule has 0 bridgehead atoms. The number of unbranched alkanes of at least 4 members (excludes halogenated alkanes) is 2. The van der Waals surface area contributed by atoms with Crippen molar-refractivity contribution < 1.29 is 5.11 Å². The first-order chi connectivity index (χ1) is 7.77. The molecule has 96 valence electrons. The molecule has 0 aromatic carbocycles. The molecule has 3 unspecified atom stereocenters. The molecule has 16 heavy (non-hydrogen) atoms. The molecule has 1 aliphatic rings. The molecule has 1 aliphatic carbocycles. The van der Waals surface area contributed by atoms with Crippen molar-refractivity contribution in [1.82, 2.24) is 5.32 Å². The van der Waals surface area contributed by atoms with Gasteiger partial charge in [0.05, 0.1) is 0 Å². The average molecular weight is 227 g/mol. The summed E-state index contributed by atoms with van der Waals surface area (Å²) in [5.41, 5.74) is 0. The summed E-state index contributed by atoms with van der Waals surface area (Å²) in [7, 11) is 0. The summed E-state index contributed by atoms with van der Waals surface area (Å²) in [4.78, 5) is 0. The fourth-order valence-electron chi connectivity index (χ4n) is 2.79. The molecule has 1 fully saturated rings. The van der Waals surface area contributed by atoms with Gasteiger partial charge >= 0.3 is 0 Å². The topological polar surface area (TPSA) is 32.3 Å². The van der Waals surface area contributed by atoms with Crippen molar-refractivity contribution in [3.8, 4) is 0 Å². The molecule has 1 saturated carbocycles. The van der Waals surface area contributed by atoms with E-state index in [0.717, 1.165) is 0 Å². The molecule has 0 spiro atoms. The van der Waals surface area contributed by atoms with Crippen molar-refractivity contribution in [1.29, 1.82) is 0 Å². The number of aliphatic hydroxyl groups excluding tert-OH is 1. The predicted octanol–water partition coefficient (Wildman–Crippen LogP) is 3.10. The maximum atomic E-state index is 9.35. The standard InChI is InChI=1S/C14H29NO/c1-3-4-5-8-12(2)15-14-10-7-6-9-13(14)11-16/h12-16H,3-11H2,1-2H3. The van der Waals surface area contributed by atoms with Crippen LogP contribution in [-0.4, -0.2) is 23.8 Å². The zero-order chi connectivity index (χ0) is 11.8. The van der Waals surface area contributed by atoms with E-state index >= 15 is 0 Å². The minimum atomic E-state index is 0.360. The molecular weight excluding hydrogens is 198 g/mol. The van der Waals surface area contributed by atoms with Crippen LogP contribution in [0.5, 0.6) is 0 Å². The monoisotopic (exact) mass is 227 g/mol. The van der Waals surface area contributed by atoms with E-state index in [2.05, 4.69) is 19.2 Å². The summed E-state index contributed by atoms with van der Waals surface area (Å²) < 4.78 is 0. The Morgan fingerprint density at radius 1 is 1.25 bits per heavy atom. The zero-order valence-electron chi connectivity index (χ0n) is 11.0. The van der Waals surface area contributed by atoms with Crippen molar-refractivity contribution in [3.63, 3.8) is 0 Å². The van der Waals surface area contributed by atoms with Gasteiger partial charge in [-0.2, -0.15) is 0 Å². The molecule has 0 aromatic heterocycles. The lowest BCUT2D eigenvalue weighted by atomic mass is 9.84. The van der Waals surface area contributed by atoms with E-state index in [1.807, 2.05) is 0 Å². The Balaban J connectivity index is 2.22. The second-order valence-electron chi connectivity index (χ2n) is 5.40. The van der Waals surface area contributed by atoms with Crippen molar-refractivity contribution in [2.24, 2.45) is 5.92 Å². The van der Waals surface area contributed by atoms with Crippen LogP contribution in [0.15, 0.2) is 0 Å². The van der Waals surface area contributed by atoms with E-state index in [1.165, 1.54) is 51.4 Å². The highest BCUT2D eigenvalue weighted by atomic mass is 16.3. The third-order valence-corrected chi connectivity index (χ3v) is 3.88. The summed E-state index contributed by atoms with van der Waals surface area (Å²) >= 11 is 0. The SMILES string of the molecule is CCCCCC(C)NC1CCCCC1CO. The van der Waals surface area contributed by atoms with E-state index in [9.17, 15) is 5.11 Å². The van der Waals surface area contributed by atoms with Crippen LogP contribution in [0.2, 0.25) is 0 Å². The van der Waals surface area contributed by atoms with Crippen LogP contribution in [0.1, 0.15) is 65.2 Å². The van der Waals surface area contributed by atoms with Gasteiger partial charge in [-0.3, -0.25) is 0 Å². The van der Waals surface area contributed by atoms with E-state index in [4.69, 9.17) is 0 Å². The van der Waals surface area contributed by atoms with E-state index in [-0.39, 0.29) is 0 Å². The molecule has 0 aromatic rings. The molecule has 2 nitrogen and oxygen atoms in total. The molecule has 0 radical (unpaired) electrons. The number of hydrogen-bond acceptors (Lipinski definition) is 2. The van der Waals surface area contributed by atoms with Crippen LogP contribution >= 0.6 is 0 Å². The predicted molar refractivity (Wildman–Crippen MR) is 69.6 cm³/mol. The lowest BCUT2D eigenvalue weighted by Gasteiger charge is -2.33. The van der Waals surface area contributed by atoms with Crippen LogP contribution in [0.3, 0.4) is 0 Å². The Kier molecular flexibility index (Phi) is 7.06. The second-order valence-corrected chi connectivity index (χ2v) is 5.40. The average Bonchev–Trinajstić information content (AvgIpc) is 2.30. The number of rotatable bonds is 7. The maximum absolute atomic E-state index is 9.35. The van der Waals surface area contributed by atoms with E-state index < -0.39 is 0 Å². The summed E-state index contributed by atoms with van der Waals surface area (Å²) in [5, 5.41) is 13.1. The molecule has 2 heteroatoms. The first kappa shape index (κ1) is 14.0. The summed E-state index contributed by atoms with van der Waals surface area (Å²) in [6, 6.07) is 1.18. The molecule has 0 saturated heterocycles. The number of hydrogen-bond donors (Lipinski definition) is 2. The minimum Gasteiger partial charge on any atom is -0.396 e. The maximum Gasteiger partial charge on any atom is 0.0474 e. The van der Waals surface area contributed by atoms with Crippen LogP contribution in [0, 0.1) is 5.92 Å². The fraction of sp³-hybridized carbons (Fsp3) is 1.00. The molecule has 2 N–H and O–H groups in total. The number of aliphatic hydroxyl groups is 1. The summed E-state index contributed by atoms with van der Waals surface area (Å²) in [6.07, 6.45) is 10.3. The highest BCUT2D eigenvalue weighted by Crippen LogP contribution is 2.24. The number of nitrogens with one attached hydrogen (secondary N) is 1. The Morgan fingerprint density at radius 2 is 2.00 bits per heavy atom. The first-order valence-electron chi connectivity index (χ1n) is 7.14. The van der Waals surface area contributed by atoms with Gasteiger partial charge in [-0.15, -0.1) is 0 Å². The molecule has 3 atom stereocenters. The summed E-state index contributed by atoms with van der Waals surface area (Å²) in [5.74, 6) is 0.502. The van der Waals surface area contributed by atoms with Gasteiger partial charge in [0, 0.05) is 18.7 Å². The highest BCUT2D eigenvalue weighted by Gasteiger charge is 2.24. The van der Waals surface area contributed by atoms with Gasteiger partial charge < -0.3 is 10.4 Å². The van der Waals surface area contributed by atoms with E-state index in [1.54, 1.807) is 0 Å². The van der Waals surface area contributed by atoms with Crippen molar-refractivity contribution in [3.05, 3.63) is 0 Å². The third-order valence-electron chi connectivity index (χ3n) is 3.88. The first-order valence-corrected chi connectivity index (χ1v) is 7.14. The second kappa shape index (κ2) is 8.08. The van der Waals surface area contributed by atoms with Crippen LogP contribution in [-0.2, 0) is 0 Å². The molecule has 0 aliphatic heterocycles. The lowest BCUT2D eigenvalue weighted by molar-refractivity contribution is 0.146. The van der Waals surface area contributed by atoms with Gasteiger partial charge in [-0.05, 0) is 32.1 Å². The van der Waals surface area contributed by atoms with Gasteiger partial charge in [0.15, 0.2) is 0 Å². The Bertz CT molecular complexity index is 172. The quantitative estimate of drug-likeness (QED) is 0.655. The zero-order valence-corrected chi connectivity index (χ0v) is 11.0. The Labute approximate surface area is 101 Å². The van der Waals surface area contributed by atoms with Gasteiger partial charge in [0.2, 0.25) is 0 Å². The fourth-order valence-corrected chi connectivity index (χ4v) is 2.79. The van der Waals surface area contributed by atoms with Gasteiger partial charge in [0.1, 0.15) is 0 Å². The van der Waals surface area contributed by atoms with Gasteiger partial charge in [-0.1, -0.05) is 39.0 Å². The Hall–Kier alpha value is -0.0800. The Morgan fingerprint density at radius 3 is 2.69 bits per heavy atom. The molecule has 1 rings (SSSR count). The normalized spacial score (nSPS) is 27.9. The highest BCUT2D eigenvalue weighted by molar-refractivity contribution is 4.82. The van der Waals surface area contributed by atoms with Crippen molar-refractivity contribution in [2.75, 3.05) is 6.61 Å². The smallest absolute Gasteiger partial charge is 0.0474 e. The van der Waals surface area contributed by atoms with Crippen LogP contribution in [0.4, 0.5) is 0 Å². The van der Waals surface area contributed by atoms with Crippen LogP contribution in [0.25, 0.3) is 0 Å². The van der Waals surface area contributed by atoms with Gasteiger partial charge in [0.25, 0.3) is 0 Å². The van der Waals surface area contributed by atoms with Crippen LogP contribution < -0.4 is 5.32 Å². The lowest BCUT2D eigenvalue weighted by Crippen LogP contribution is -2.44. The van der Waals surface area contributed by atoms with Crippen molar-refractivity contribution in [2.45, 2.75) is 77.3 Å². The molecule has 0 amide bonds. The minimum absolute atomic E-state index is 0.360. The third kappa shape index (κ3) is 4.84. The molecule has 0 heterocycles.